The fraction of sp³-hybridized carbons (Fsp3) is 0.688. The summed E-state index contributed by atoms with van der Waals surface area (Å²) < 4.78 is 0. The van der Waals surface area contributed by atoms with Gasteiger partial charge in [-0.15, -0.1) is 0 Å². The van der Waals surface area contributed by atoms with Crippen molar-refractivity contribution in [3.63, 3.8) is 0 Å². The molecule has 1 aliphatic rings. The minimum atomic E-state index is -0.294. The van der Waals surface area contributed by atoms with E-state index in [4.69, 9.17) is 0 Å². The molecule has 0 radical (unpaired) electrons. The van der Waals surface area contributed by atoms with Gasteiger partial charge in [0, 0.05) is 0 Å². The molecule has 0 fully saturated rings. The topological polar surface area (TPSA) is 0 Å². The molecule has 0 amide bonds. The number of benzene rings is 1. The summed E-state index contributed by atoms with van der Waals surface area (Å²) in [6.45, 7) is 6.95. The molecule has 0 saturated heterocycles. The maximum absolute atomic E-state index is 2.44. The third-order valence-electron chi connectivity index (χ3n) is 7.71. The van der Waals surface area contributed by atoms with E-state index in [-0.39, 0.29) is 9.52 Å². The molecular formula is C32H54Si. The van der Waals surface area contributed by atoms with Crippen molar-refractivity contribution in [3.05, 3.63) is 52.2 Å². The van der Waals surface area contributed by atoms with Crippen molar-refractivity contribution in [1.29, 1.82) is 0 Å². The summed E-state index contributed by atoms with van der Waals surface area (Å²) in [6.07, 6.45) is 31.7. The summed E-state index contributed by atoms with van der Waals surface area (Å²) in [6, 6.07) is 7.07. The van der Waals surface area contributed by atoms with Gasteiger partial charge in [-0.2, -0.15) is 0 Å². The van der Waals surface area contributed by atoms with Gasteiger partial charge in [0.1, 0.15) is 0 Å². The SMILES string of the molecule is CCCCCCCCCCCCCCCCCCc1c(C)cccc1[SiH2]C1=C(CC)C=CC1. The van der Waals surface area contributed by atoms with Crippen molar-refractivity contribution in [2.75, 3.05) is 0 Å². The zero-order valence-electron chi connectivity index (χ0n) is 22.5. The molecule has 0 bridgehead atoms. The van der Waals surface area contributed by atoms with Crippen LogP contribution < -0.4 is 5.19 Å². The van der Waals surface area contributed by atoms with Crippen LogP contribution in [0, 0.1) is 6.92 Å². The Kier molecular flexibility index (Phi) is 15.6. The number of rotatable bonds is 20. The Morgan fingerprint density at radius 2 is 1.24 bits per heavy atom. The van der Waals surface area contributed by atoms with E-state index in [9.17, 15) is 0 Å². The van der Waals surface area contributed by atoms with E-state index in [2.05, 4.69) is 51.1 Å². The third kappa shape index (κ3) is 11.7. The molecule has 0 saturated carbocycles. The van der Waals surface area contributed by atoms with E-state index in [0.29, 0.717) is 0 Å². The maximum Gasteiger partial charge on any atom is 0.0835 e. The van der Waals surface area contributed by atoms with E-state index < -0.39 is 0 Å². The summed E-state index contributed by atoms with van der Waals surface area (Å²) in [5.74, 6) is 0. The van der Waals surface area contributed by atoms with Crippen LogP contribution in [-0.2, 0) is 6.42 Å². The highest BCUT2D eigenvalue weighted by Crippen LogP contribution is 2.21. The van der Waals surface area contributed by atoms with Gasteiger partial charge < -0.3 is 0 Å². The molecule has 0 N–H and O–H groups in total. The van der Waals surface area contributed by atoms with Gasteiger partial charge in [-0.1, -0.05) is 156 Å². The first-order valence-electron chi connectivity index (χ1n) is 14.7. The average Bonchev–Trinajstić information content (AvgIpc) is 3.27. The monoisotopic (exact) mass is 466 g/mol. The third-order valence-corrected chi connectivity index (χ3v) is 9.92. The fourth-order valence-electron chi connectivity index (χ4n) is 5.51. The first-order chi connectivity index (χ1) is 16.3. The Morgan fingerprint density at radius 1 is 0.697 bits per heavy atom. The zero-order valence-corrected chi connectivity index (χ0v) is 23.9. The molecule has 0 unspecified atom stereocenters. The van der Waals surface area contributed by atoms with Crippen LogP contribution in [-0.4, -0.2) is 9.52 Å². The zero-order chi connectivity index (χ0) is 23.6. The van der Waals surface area contributed by atoms with Crippen LogP contribution >= 0.6 is 0 Å². The lowest BCUT2D eigenvalue weighted by Crippen LogP contribution is -2.22. The van der Waals surface area contributed by atoms with Gasteiger partial charge in [-0.05, 0) is 43.7 Å². The molecule has 1 aromatic carbocycles. The predicted molar refractivity (Wildman–Crippen MR) is 154 cm³/mol. The average molecular weight is 467 g/mol. The largest absolute Gasteiger partial charge is 0.0835 e. The van der Waals surface area contributed by atoms with E-state index in [1.54, 1.807) is 21.5 Å². The van der Waals surface area contributed by atoms with Gasteiger partial charge in [0.15, 0.2) is 0 Å². The molecule has 0 aromatic heterocycles. The van der Waals surface area contributed by atoms with Crippen LogP contribution in [0.2, 0.25) is 0 Å². The molecule has 2 rings (SSSR count). The normalized spacial score (nSPS) is 13.8. The fourth-order valence-corrected chi connectivity index (χ4v) is 7.80. The molecule has 0 spiro atoms. The quantitative estimate of drug-likeness (QED) is 0.133. The lowest BCUT2D eigenvalue weighted by Gasteiger charge is -2.14. The van der Waals surface area contributed by atoms with Gasteiger partial charge in [0.2, 0.25) is 0 Å². The molecule has 1 heteroatoms. The molecule has 186 valence electrons. The lowest BCUT2D eigenvalue weighted by atomic mass is 10.0. The molecule has 33 heavy (non-hydrogen) atoms. The Morgan fingerprint density at radius 3 is 1.79 bits per heavy atom. The highest BCUT2D eigenvalue weighted by Gasteiger charge is 2.12. The van der Waals surface area contributed by atoms with Crippen LogP contribution in [0.15, 0.2) is 41.1 Å². The summed E-state index contributed by atoms with van der Waals surface area (Å²) in [5.41, 5.74) is 4.87. The highest BCUT2D eigenvalue weighted by molar-refractivity contribution is 6.62. The minimum Gasteiger partial charge on any atom is -0.0806 e. The second-order valence-corrected chi connectivity index (χ2v) is 12.5. The molecule has 1 aromatic rings. The van der Waals surface area contributed by atoms with Crippen molar-refractivity contribution in [1.82, 2.24) is 0 Å². The van der Waals surface area contributed by atoms with Crippen LogP contribution in [0.3, 0.4) is 0 Å². The van der Waals surface area contributed by atoms with Crippen molar-refractivity contribution in [2.45, 2.75) is 143 Å². The van der Waals surface area contributed by atoms with Crippen molar-refractivity contribution < 1.29 is 0 Å². The number of unbranched alkanes of at least 4 members (excludes halogenated alkanes) is 15. The van der Waals surface area contributed by atoms with Crippen molar-refractivity contribution in [3.8, 4) is 0 Å². The van der Waals surface area contributed by atoms with Crippen molar-refractivity contribution in [2.24, 2.45) is 0 Å². The Balaban J connectivity index is 1.50. The summed E-state index contributed by atoms with van der Waals surface area (Å²) >= 11 is 0. The number of allylic oxidation sites excluding steroid dienone is 4. The van der Waals surface area contributed by atoms with Gasteiger partial charge in [-0.25, -0.2) is 0 Å². The molecule has 0 aliphatic heterocycles. The number of hydrogen-bond acceptors (Lipinski definition) is 0. The van der Waals surface area contributed by atoms with Crippen LogP contribution in [0.5, 0.6) is 0 Å². The van der Waals surface area contributed by atoms with Crippen LogP contribution in [0.1, 0.15) is 141 Å². The van der Waals surface area contributed by atoms with Gasteiger partial charge in [0.05, 0.1) is 9.52 Å². The van der Waals surface area contributed by atoms with E-state index in [1.165, 1.54) is 128 Å². The number of hydrogen-bond donors (Lipinski definition) is 0. The van der Waals surface area contributed by atoms with Gasteiger partial charge in [0.25, 0.3) is 0 Å². The standard InChI is InChI=1S/C32H54Si/c1-4-6-7-8-9-10-11-12-13-14-15-16-17-18-19-20-25-30-28(3)23-21-27-32(30)33-31-26-22-24-29(31)5-2/h21-24,27H,4-20,25-26,33H2,1-3H3. The van der Waals surface area contributed by atoms with E-state index >= 15 is 0 Å². The molecule has 0 nitrogen and oxygen atoms in total. The van der Waals surface area contributed by atoms with E-state index in [1.807, 2.05) is 0 Å². The molecule has 0 heterocycles. The summed E-state index contributed by atoms with van der Waals surface area (Å²) in [7, 11) is -0.294. The summed E-state index contributed by atoms with van der Waals surface area (Å²) in [5, 5.41) is 3.51. The first-order valence-corrected chi connectivity index (χ1v) is 16.1. The Hall–Kier alpha value is -1.08. The van der Waals surface area contributed by atoms with Crippen LogP contribution in [0.4, 0.5) is 0 Å². The lowest BCUT2D eigenvalue weighted by molar-refractivity contribution is 0.529. The maximum atomic E-state index is 2.44. The second kappa shape index (κ2) is 18.3. The molecule has 1 aliphatic carbocycles. The minimum absolute atomic E-state index is 0.294. The van der Waals surface area contributed by atoms with E-state index in [0.717, 1.165) is 0 Å². The smallest absolute Gasteiger partial charge is 0.0806 e. The second-order valence-electron chi connectivity index (χ2n) is 10.5. The van der Waals surface area contributed by atoms with Gasteiger partial charge in [-0.3, -0.25) is 0 Å². The highest BCUT2D eigenvalue weighted by atomic mass is 28.2. The first kappa shape index (κ1) is 28.2. The van der Waals surface area contributed by atoms with Gasteiger partial charge >= 0.3 is 0 Å². The van der Waals surface area contributed by atoms with Crippen LogP contribution in [0.25, 0.3) is 0 Å². The predicted octanol–water partition coefficient (Wildman–Crippen LogP) is 9.22. The molecular weight excluding hydrogens is 412 g/mol. The molecule has 0 atom stereocenters. The Labute approximate surface area is 209 Å². The Bertz CT molecular complexity index is 696. The number of aryl methyl sites for hydroxylation is 1. The summed E-state index contributed by atoms with van der Waals surface area (Å²) in [4.78, 5) is 0. The van der Waals surface area contributed by atoms with Crippen molar-refractivity contribution >= 4 is 14.7 Å².